The van der Waals surface area contributed by atoms with Crippen molar-refractivity contribution in [2.45, 2.75) is 13.8 Å². The normalized spacial score (nSPS) is 16.3. The smallest absolute Gasteiger partial charge is 0.354 e. The molecular formula is C12H16N2O2. The van der Waals surface area contributed by atoms with Gasteiger partial charge in [-0.25, -0.2) is 9.78 Å². The fourth-order valence-corrected chi connectivity index (χ4v) is 1.84. The molecule has 0 aromatic carbocycles. The lowest BCUT2D eigenvalue weighted by Crippen LogP contribution is -2.49. The Morgan fingerprint density at radius 2 is 2.19 bits per heavy atom. The summed E-state index contributed by atoms with van der Waals surface area (Å²) in [4.78, 5) is 16.8. The van der Waals surface area contributed by atoms with Crippen molar-refractivity contribution in [3.8, 4) is 0 Å². The first-order valence-electron chi connectivity index (χ1n) is 5.52. The average Bonchev–Trinajstić information content (AvgIpc) is 2.15. The Labute approximate surface area is 94.9 Å². The van der Waals surface area contributed by atoms with Crippen molar-refractivity contribution in [2.75, 3.05) is 18.0 Å². The summed E-state index contributed by atoms with van der Waals surface area (Å²) in [6, 6.07) is 3.38. The van der Waals surface area contributed by atoms with Gasteiger partial charge in [-0.05, 0) is 24.0 Å². The van der Waals surface area contributed by atoms with E-state index in [1.165, 1.54) is 0 Å². The van der Waals surface area contributed by atoms with Gasteiger partial charge in [-0.2, -0.15) is 0 Å². The highest BCUT2D eigenvalue weighted by Gasteiger charge is 2.29. The zero-order valence-corrected chi connectivity index (χ0v) is 9.55. The SMILES string of the molecule is CC(C)C1CN(c2ccc(C(=O)O)nc2)C1. The Morgan fingerprint density at radius 1 is 1.50 bits per heavy atom. The van der Waals surface area contributed by atoms with Crippen molar-refractivity contribution < 1.29 is 9.90 Å². The Hall–Kier alpha value is -1.58. The fraction of sp³-hybridized carbons (Fsp3) is 0.500. The van der Waals surface area contributed by atoms with Gasteiger partial charge in [-0.1, -0.05) is 13.8 Å². The van der Waals surface area contributed by atoms with Gasteiger partial charge in [0.1, 0.15) is 5.69 Å². The number of carboxylic acids is 1. The molecule has 0 aliphatic carbocycles. The maximum absolute atomic E-state index is 10.6. The van der Waals surface area contributed by atoms with E-state index < -0.39 is 5.97 Å². The van der Waals surface area contributed by atoms with E-state index in [1.54, 1.807) is 12.3 Å². The van der Waals surface area contributed by atoms with Crippen molar-refractivity contribution in [2.24, 2.45) is 11.8 Å². The molecule has 16 heavy (non-hydrogen) atoms. The first kappa shape index (κ1) is 10.9. The third kappa shape index (κ3) is 2.01. The summed E-state index contributed by atoms with van der Waals surface area (Å²) in [5, 5.41) is 8.72. The zero-order chi connectivity index (χ0) is 11.7. The number of hydrogen-bond acceptors (Lipinski definition) is 3. The number of anilines is 1. The summed E-state index contributed by atoms with van der Waals surface area (Å²) in [6.45, 7) is 6.55. The topological polar surface area (TPSA) is 53.4 Å². The standard InChI is InChI=1S/C12H16N2O2/c1-8(2)9-6-14(7-9)10-3-4-11(12(15)16)13-5-10/h3-5,8-9H,6-7H2,1-2H3,(H,15,16). The summed E-state index contributed by atoms with van der Waals surface area (Å²) in [5.74, 6) is 0.483. The molecule has 4 heteroatoms. The van der Waals surface area contributed by atoms with Gasteiger partial charge >= 0.3 is 5.97 Å². The molecule has 1 aromatic heterocycles. The van der Waals surface area contributed by atoms with E-state index in [1.807, 2.05) is 6.07 Å². The molecule has 4 nitrogen and oxygen atoms in total. The van der Waals surface area contributed by atoms with E-state index in [4.69, 9.17) is 5.11 Å². The highest BCUT2D eigenvalue weighted by molar-refractivity contribution is 5.85. The number of carboxylic acid groups (broad SMARTS) is 1. The molecule has 0 amide bonds. The maximum Gasteiger partial charge on any atom is 0.354 e. The molecule has 0 unspecified atom stereocenters. The Balaban J connectivity index is 1.99. The largest absolute Gasteiger partial charge is 0.477 e. The zero-order valence-electron chi connectivity index (χ0n) is 9.55. The van der Waals surface area contributed by atoms with Gasteiger partial charge in [0, 0.05) is 13.1 Å². The van der Waals surface area contributed by atoms with Crippen molar-refractivity contribution in [3.05, 3.63) is 24.0 Å². The van der Waals surface area contributed by atoms with Crippen LogP contribution in [0.3, 0.4) is 0 Å². The highest BCUT2D eigenvalue weighted by atomic mass is 16.4. The Morgan fingerprint density at radius 3 is 2.62 bits per heavy atom. The van der Waals surface area contributed by atoms with Crippen LogP contribution in [0.1, 0.15) is 24.3 Å². The molecule has 0 radical (unpaired) electrons. The molecular weight excluding hydrogens is 204 g/mol. The molecule has 1 saturated heterocycles. The number of carbonyl (C=O) groups is 1. The van der Waals surface area contributed by atoms with E-state index in [0.29, 0.717) is 5.92 Å². The summed E-state index contributed by atoms with van der Waals surface area (Å²) in [7, 11) is 0. The highest BCUT2D eigenvalue weighted by Crippen LogP contribution is 2.28. The van der Waals surface area contributed by atoms with Crippen molar-refractivity contribution >= 4 is 11.7 Å². The molecule has 1 aliphatic heterocycles. The summed E-state index contributed by atoms with van der Waals surface area (Å²) in [6.07, 6.45) is 1.64. The molecule has 1 N–H and O–H groups in total. The first-order valence-corrected chi connectivity index (χ1v) is 5.52. The molecule has 2 heterocycles. The minimum atomic E-state index is -0.977. The third-order valence-corrected chi connectivity index (χ3v) is 3.18. The number of aromatic nitrogens is 1. The van der Waals surface area contributed by atoms with Crippen LogP contribution in [-0.2, 0) is 0 Å². The van der Waals surface area contributed by atoms with E-state index in [9.17, 15) is 4.79 Å². The lowest BCUT2D eigenvalue weighted by atomic mass is 9.88. The molecule has 1 aliphatic rings. The lowest BCUT2D eigenvalue weighted by Gasteiger charge is -2.43. The van der Waals surface area contributed by atoms with E-state index in [2.05, 4.69) is 23.7 Å². The van der Waals surface area contributed by atoms with Gasteiger partial charge in [0.15, 0.2) is 0 Å². The molecule has 0 atom stereocenters. The maximum atomic E-state index is 10.6. The molecule has 0 bridgehead atoms. The first-order chi connectivity index (χ1) is 7.58. The van der Waals surface area contributed by atoms with Gasteiger partial charge in [0.25, 0.3) is 0 Å². The summed E-state index contributed by atoms with van der Waals surface area (Å²) < 4.78 is 0. The molecule has 2 rings (SSSR count). The average molecular weight is 220 g/mol. The Bertz CT molecular complexity index is 381. The van der Waals surface area contributed by atoms with Gasteiger partial charge < -0.3 is 10.0 Å². The number of aromatic carboxylic acids is 1. The van der Waals surface area contributed by atoms with E-state index in [0.717, 1.165) is 24.7 Å². The van der Waals surface area contributed by atoms with Crippen LogP contribution in [-0.4, -0.2) is 29.1 Å². The second-order valence-electron chi connectivity index (χ2n) is 4.62. The summed E-state index contributed by atoms with van der Waals surface area (Å²) in [5.41, 5.74) is 1.12. The predicted molar refractivity (Wildman–Crippen MR) is 61.7 cm³/mol. The van der Waals surface area contributed by atoms with Gasteiger partial charge in [0.2, 0.25) is 0 Å². The monoisotopic (exact) mass is 220 g/mol. The van der Waals surface area contributed by atoms with Crippen molar-refractivity contribution in [3.63, 3.8) is 0 Å². The van der Waals surface area contributed by atoms with Crippen LogP contribution in [0.4, 0.5) is 5.69 Å². The molecule has 1 fully saturated rings. The van der Waals surface area contributed by atoms with Crippen LogP contribution in [0.2, 0.25) is 0 Å². The second kappa shape index (κ2) is 4.12. The van der Waals surface area contributed by atoms with Crippen LogP contribution in [0.5, 0.6) is 0 Å². The van der Waals surface area contributed by atoms with Crippen LogP contribution >= 0.6 is 0 Å². The number of nitrogens with zero attached hydrogens (tertiary/aromatic N) is 2. The lowest BCUT2D eigenvalue weighted by molar-refractivity contribution is 0.0690. The molecule has 0 saturated carbocycles. The number of rotatable bonds is 3. The predicted octanol–water partition coefficient (Wildman–Crippen LogP) is 1.87. The summed E-state index contributed by atoms with van der Waals surface area (Å²) >= 11 is 0. The number of hydrogen-bond donors (Lipinski definition) is 1. The van der Waals surface area contributed by atoms with Crippen LogP contribution in [0, 0.1) is 11.8 Å². The van der Waals surface area contributed by atoms with Gasteiger partial charge in [-0.3, -0.25) is 0 Å². The third-order valence-electron chi connectivity index (χ3n) is 3.18. The molecule has 86 valence electrons. The Kier molecular flexibility index (Phi) is 2.81. The number of pyridine rings is 1. The van der Waals surface area contributed by atoms with E-state index >= 15 is 0 Å². The fourth-order valence-electron chi connectivity index (χ4n) is 1.84. The van der Waals surface area contributed by atoms with E-state index in [-0.39, 0.29) is 5.69 Å². The van der Waals surface area contributed by atoms with Gasteiger partial charge in [-0.15, -0.1) is 0 Å². The minimum absolute atomic E-state index is 0.102. The van der Waals surface area contributed by atoms with Crippen LogP contribution in [0.25, 0.3) is 0 Å². The van der Waals surface area contributed by atoms with Crippen molar-refractivity contribution in [1.29, 1.82) is 0 Å². The second-order valence-corrected chi connectivity index (χ2v) is 4.62. The van der Waals surface area contributed by atoms with Crippen LogP contribution < -0.4 is 4.90 Å². The quantitative estimate of drug-likeness (QED) is 0.845. The molecule has 0 spiro atoms. The van der Waals surface area contributed by atoms with Gasteiger partial charge in [0.05, 0.1) is 11.9 Å². The van der Waals surface area contributed by atoms with Crippen LogP contribution in [0.15, 0.2) is 18.3 Å². The minimum Gasteiger partial charge on any atom is -0.477 e. The molecule has 1 aromatic rings. The van der Waals surface area contributed by atoms with Crippen molar-refractivity contribution in [1.82, 2.24) is 4.98 Å².